The SMILES string of the molecule is COc1cc(-c2nnc3s/c(=C/c4ccc(Br)cc4)c(=O)n23)cc(OC)c1OC. The number of aromatic nitrogens is 3. The lowest BCUT2D eigenvalue weighted by atomic mass is 10.1. The van der Waals surface area contributed by atoms with E-state index < -0.39 is 0 Å². The number of ether oxygens (including phenoxy) is 3. The number of fused-ring (bicyclic) bond motifs is 1. The minimum atomic E-state index is -0.179. The van der Waals surface area contributed by atoms with E-state index in [-0.39, 0.29) is 5.56 Å². The van der Waals surface area contributed by atoms with Gasteiger partial charge in [-0.3, -0.25) is 4.79 Å². The van der Waals surface area contributed by atoms with Crippen LogP contribution in [-0.4, -0.2) is 35.9 Å². The van der Waals surface area contributed by atoms with Gasteiger partial charge in [-0.1, -0.05) is 39.4 Å². The van der Waals surface area contributed by atoms with Gasteiger partial charge in [-0.25, -0.2) is 4.40 Å². The Hall–Kier alpha value is -2.91. The van der Waals surface area contributed by atoms with Crippen molar-refractivity contribution in [3.05, 3.63) is 61.3 Å². The van der Waals surface area contributed by atoms with E-state index in [4.69, 9.17) is 14.2 Å². The zero-order valence-corrected chi connectivity index (χ0v) is 18.2. The summed E-state index contributed by atoms with van der Waals surface area (Å²) in [6.45, 7) is 0. The second-order valence-corrected chi connectivity index (χ2v) is 7.95. The summed E-state index contributed by atoms with van der Waals surface area (Å²) in [5.41, 5.74) is 1.39. The van der Waals surface area contributed by atoms with Gasteiger partial charge in [-0.05, 0) is 35.9 Å². The highest BCUT2D eigenvalue weighted by molar-refractivity contribution is 9.10. The lowest BCUT2D eigenvalue weighted by Gasteiger charge is -2.13. The van der Waals surface area contributed by atoms with Crippen molar-refractivity contribution in [2.75, 3.05) is 21.3 Å². The zero-order valence-electron chi connectivity index (χ0n) is 15.8. The van der Waals surface area contributed by atoms with E-state index >= 15 is 0 Å². The largest absolute Gasteiger partial charge is 0.493 e. The number of benzene rings is 2. The van der Waals surface area contributed by atoms with Gasteiger partial charge in [0.25, 0.3) is 5.56 Å². The van der Waals surface area contributed by atoms with Crippen LogP contribution in [0.1, 0.15) is 5.56 Å². The fourth-order valence-corrected chi connectivity index (χ4v) is 4.15. The highest BCUT2D eigenvalue weighted by Crippen LogP contribution is 2.40. The van der Waals surface area contributed by atoms with Crippen LogP contribution in [0.3, 0.4) is 0 Å². The summed E-state index contributed by atoms with van der Waals surface area (Å²) in [6, 6.07) is 11.2. The third-order valence-electron chi connectivity index (χ3n) is 4.34. The lowest BCUT2D eigenvalue weighted by molar-refractivity contribution is 0.324. The van der Waals surface area contributed by atoms with E-state index in [2.05, 4.69) is 26.1 Å². The molecule has 0 N–H and O–H groups in total. The molecule has 9 heteroatoms. The fraction of sp³-hybridized carbons (Fsp3) is 0.150. The number of halogens is 1. The van der Waals surface area contributed by atoms with Crippen molar-refractivity contribution in [2.45, 2.75) is 0 Å². The first-order chi connectivity index (χ1) is 14.0. The number of methoxy groups -OCH3 is 3. The molecule has 2 aromatic heterocycles. The maximum Gasteiger partial charge on any atom is 0.276 e. The standard InChI is InChI=1S/C20H16BrN3O4S/c1-26-14-9-12(10-15(27-2)17(14)28-3)18-22-23-20-24(18)19(25)16(29-20)8-11-4-6-13(21)7-5-11/h4-10H,1-3H3/b16-8+. The van der Waals surface area contributed by atoms with Crippen LogP contribution in [0.15, 0.2) is 45.7 Å². The van der Waals surface area contributed by atoms with Gasteiger partial charge in [0.05, 0.1) is 25.9 Å². The molecule has 0 saturated carbocycles. The third-order valence-corrected chi connectivity index (χ3v) is 5.83. The fourth-order valence-electron chi connectivity index (χ4n) is 2.97. The Labute approximate surface area is 178 Å². The number of nitrogens with zero attached hydrogens (tertiary/aromatic N) is 3. The van der Waals surface area contributed by atoms with Crippen LogP contribution in [0, 0.1) is 0 Å². The second-order valence-electron chi connectivity index (χ2n) is 6.02. The zero-order chi connectivity index (χ0) is 20.5. The second kappa shape index (κ2) is 7.84. The van der Waals surface area contributed by atoms with Gasteiger partial charge in [-0.2, -0.15) is 0 Å². The molecule has 2 aromatic carbocycles. The summed E-state index contributed by atoms with van der Waals surface area (Å²) in [4.78, 5) is 13.6. The Kier molecular flexibility index (Phi) is 5.25. The molecule has 0 fully saturated rings. The predicted molar refractivity (Wildman–Crippen MR) is 115 cm³/mol. The van der Waals surface area contributed by atoms with Crippen molar-refractivity contribution in [1.82, 2.24) is 14.6 Å². The van der Waals surface area contributed by atoms with E-state index in [0.29, 0.717) is 38.1 Å². The first-order valence-corrected chi connectivity index (χ1v) is 10.1. The molecule has 4 aromatic rings. The van der Waals surface area contributed by atoms with Crippen molar-refractivity contribution < 1.29 is 14.2 Å². The molecule has 0 radical (unpaired) electrons. The molecule has 0 saturated heterocycles. The summed E-state index contributed by atoms with van der Waals surface area (Å²) in [6.07, 6.45) is 1.84. The van der Waals surface area contributed by atoms with Crippen LogP contribution in [0.5, 0.6) is 17.2 Å². The van der Waals surface area contributed by atoms with Crippen molar-refractivity contribution >= 4 is 38.3 Å². The average Bonchev–Trinajstić information content (AvgIpc) is 3.29. The number of rotatable bonds is 5. The molecule has 2 heterocycles. The van der Waals surface area contributed by atoms with Crippen LogP contribution < -0.4 is 24.3 Å². The van der Waals surface area contributed by atoms with Gasteiger partial charge in [0, 0.05) is 10.0 Å². The van der Waals surface area contributed by atoms with Gasteiger partial charge in [-0.15, -0.1) is 10.2 Å². The van der Waals surface area contributed by atoms with Crippen LogP contribution in [0.25, 0.3) is 22.4 Å². The van der Waals surface area contributed by atoms with E-state index in [1.807, 2.05) is 30.3 Å². The number of thiazole rings is 1. The average molecular weight is 474 g/mol. The quantitative estimate of drug-likeness (QED) is 0.443. The topological polar surface area (TPSA) is 75.0 Å². The molecule has 7 nitrogen and oxygen atoms in total. The number of hydrogen-bond donors (Lipinski definition) is 0. The molecular weight excluding hydrogens is 458 g/mol. The monoisotopic (exact) mass is 473 g/mol. The maximum absolute atomic E-state index is 13.1. The van der Waals surface area contributed by atoms with Gasteiger partial charge in [0.1, 0.15) is 0 Å². The lowest BCUT2D eigenvalue weighted by Crippen LogP contribution is -2.23. The Bertz CT molecular complexity index is 1270. The smallest absolute Gasteiger partial charge is 0.276 e. The summed E-state index contributed by atoms with van der Waals surface area (Å²) in [7, 11) is 4.61. The van der Waals surface area contributed by atoms with Crippen molar-refractivity contribution in [1.29, 1.82) is 0 Å². The van der Waals surface area contributed by atoms with Crippen LogP contribution in [-0.2, 0) is 0 Å². The molecule has 148 valence electrons. The van der Waals surface area contributed by atoms with E-state index in [9.17, 15) is 4.79 Å². The molecular formula is C20H16BrN3O4S. The van der Waals surface area contributed by atoms with Crippen molar-refractivity contribution in [2.24, 2.45) is 0 Å². The molecule has 0 atom stereocenters. The summed E-state index contributed by atoms with van der Waals surface area (Å²) >= 11 is 4.70. The maximum atomic E-state index is 13.1. The molecule has 29 heavy (non-hydrogen) atoms. The normalized spacial score (nSPS) is 11.8. The Balaban J connectivity index is 1.90. The highest BCUT2D eigenvalue weighted by atomic mass is 79.9. The van der Waals surface area contributed by atoms with Crippen molar-refractivity contribution in [3.8, 4) is 28.6 Å². The predicted octanol–water partition coefficient (Wildman–Crippen LogP) is 3.15. The van der Waals surface area contributed by atoms with Gasteiger partial charge in [0.15, 0.2) is 17.3 Å². The molecule has 0 aliphatic carbocycles. The van der Waals surface area contributed by atoms with Crippen molar-refractivity contribution in [3.63, 3.8) is 0 Å². The van der Waals surface area contributed by atoms with Crippen LogP contribution in [0.4, 0.5) is 0 Å². The molecule has 0 aliphatic heterocycles. The molecule has 0 unspecified atom stereocenters. The highest BCUT2D eigenvalue weighted by Gasteiger charge is 2.19. The minimum Gasteiger partial charge on any atom is -0.493 e. The molecule has 0 spiro atoms. The van der Waals surface area contributed by atoms with Gasteiger partial charge >= 0.3 is 0 Å². The molecule has 0 bridgehead atoms. The van der Waals surface area contributed by atoms with Gasteiger partial charge in [0.2, 0.25) is 10.7 Å². The number of hydrogen-bond acceptors (Lipinski definition) is 7. The Morgan fingerprint density at radius 2 is 1.66 bits per heavy atom. The Morgan fingerprint density at radius 3 is 2.24 bits per heavy atom. The third kappa shape index (κ3) is 3.47. The van der Waals surface area contributed by atoms with Crippen LogP contribution >= 0.6 is 27.3 Å². The van der Waals surface area contributed by atoms with E-state index in [0.717, 1.165) is 10.0 Å². The van der Waals surface area contributed by atoms with Gasteiger partial charge < -0.3 is 14.2 Å². The molecule has 0 amide bonds. The minimum absolute atomic E-state index is 0.179. The molecule has 0 aliphatic rings. The van der Waals surface area contributed by atoms with E-state index in [1.165, 1.54) is 37.1 Å². The first-order valence-electron chi connectivity index (χ1n) is 8.51. The summed E-state index contributed by atoms with van der Waals surface area (Å²) < 4.78 is 19.2. The Morgan fingerprint density at radius 1 is 1.00 bits per heavy atom. The van der Waals surface area contributed by atoms with E-state index in [1.54, 1.807) is 12.1 Å². The summed E-state index contributed by atoms with van der Waals surface area (Å²) in [5, 5.41) is 8.38. The summed E-state index contributed by atoms with van der Waals surface area (Å²) in [5.74, 6) is 1.83. The molecule has 4 rings (SSSR count). The van der Waals surface area contributed by atoms with Crippen LogP contribution in [0.2, 0.25) is 0 Å². The first kappa shape index (κ1) is 19.4.